The van der Waals surface area contributed by atoms with Gasteiger partial charge < -0.3 is 10.6 Å². The summed E-state index contributed by atoms with van der Waals surface area (Å²) in [5, 5.41) is 5.29. The van der Waals surface area contributed by atoms with Gasteiger partial charge in [-0.05, 0) is 30.2 Å². The highest BCUT2D eigenvalue weighted by atomic mass is 19.1. The van der Waals surface area contributed by atoms with E-state index in [1.165, 1.54) is 0 Å². The van der Waals surface area contributed by atoms with E-state index in [9.17, 15) is 13.6 Å². The van der Waals surface area contributed by atoms with Gasteiger partial charge in [-0.25, -0.2) is 8.78 Å². The Bertz CT molecular complexity index is 602. The molecule has 0 saturated heterocycles. The number of nitrogens with one attached hydrogen (secondary N) is 2. The summed E-state index contributed by atoms with van der Waals surface area (Å²) in [6, 6.07) is 12.8. The largest absolute Gasteiger partial charge is 0.374 e. The smallest absolute Gasteiger partial charge is 0.239 e. The third-order valence-corrected chi connectivity index (χ3v) is 2.95. The highest BCUT2D eigenvalue weighted by Gasteiger charge is 2.06. The van der Waals surface area contributed by atoms with Crippen LogP contribution < -0.4 is 10.6 Å². The number of carbonyl (C=O) groups is 1. The third kappa shape index (κ3) is 4.87. The van der Waals surface area contributed by atoms with Crippen molar-refractivity contribution >= 4 is 11.6 Å². The van der Waals surface area contributed by atoms with E-state index in [0.29, 0.717) is 6.54 Å². The van der Waals surface area contributed by atoms with Crippen LogP contribution >= 0.6 is 0 Å². The molecule has 2 N–H and O–H groups in total. The predicted molar refractivity (Wildman–Crippen MR) is 78.0 cm³/mol. The molecule has 0 spiro atoms. The van der Waals surface area contributed by atoms with E-state index in [4.69, 9.17) is 0 Å². The number of benzene rings is 2. The van der Waals surface area contributed by atoms with Gasteiger partial charge in [-0.2, -0.15) is 0 Å². The Labute approximate surface area is 122 Å². The maximum Gasteiger partial charge on any atom is 0.239 e. The molecule has 0 atom stereocenters. The standard InChI is InChI=1S/C16H16F2N2O/c17-13-6-7-14(18)15(10-13)20-11-16(21)19-9-8-12-4-2-1-3-5-12/h1-7,10,20H,8-9,11H2,(H,19,21). The van der Waals surface area contributed by atoms with Gasteiger partial charge in [-0.15, -0.1) is 0 Å². The topological polar surface area (TPSA) is 41.1 Å². The van der Waals surface area contributed by atoms with E-state index in [2.05, 4.69) is 10.6 Å². The lowest BCUT2D eigenvalue weighted by Crippen LogP contribution is -2.31. The van der Waals surface area contributed by atoms with E-state index in [1.54, 1.807) is 0 Å². The number of halogens is 2. The lowest BCUT2D eigenvalue weighted by Gasteiger charge is -2.08. The van der Waals surface area contributed by atoms with Crippen molar-refractivity contribution in [3.05, 3.63) is 65.7 Å². The van der Waals surface area contributed by atoms with Gasteiger partial charge in [0.1, 0.15) is 11.6 Å². The molecular weight excluding hydrogens is 274 g/mol. The summed E-state index contributed by atoms with van der Waals surface area (Å²) in [4.78, 5) is 11.6. The van der Waals surface area contributed by atoms with Crippen LogP contribution in [0, 0.1) is 11.6 Å². The van der Waals surface area contributed by atoms with Crippen molar-refractivity contribution in [2.24, 2.45) is 0 Å². The Morgan fingerprint density at radius 3 is 2.57 bits per heavy atom. The number of hydrogen-bond acceptors (Lipinski definition) is 2. The second-order valence-corrected chi connectivity index (χ2v) is 4.56. The van der Waals surface area contributed by atoms with Crippen molar-refractivity contribution in [2.75, 3.05) is 18.4 Å². The molecule has 110 valence electrons. The van der Waals surface area contributed by atoms with Crippen LogP contribution in [-0.2, 0) is 11.2 Å². The first-order valence-corrected chi connectivity index (χ1v) is 6.65. The summed E-state index contributed by atoms with van der Waals surface area (Å²) in [5.41, 5.74) is 1.11. The molecule has 0 aromatic heterocycles. The number of rotatable bonds is 6. The molecule has 2 rings (SSSR count). The molecule has 0 unspecified atom stereocenters. The van der Waals surface area contributed by atoms with Crippen LogP contribution in [0.25, 0.3) is 0 Å². The molecular formula is C16H16F2N2O. The summed E-state index contributed by atoms with van der Waals surface area (Å²) in [5.74, 6) is -1.41. The molecule has 2 aromatic rings. The van der Waals surface area contributed by atoms with Crippen molar-refractivity contribution in [3.8, 4) is 0 Å². The van der Waals surface area contributed by atoms with Crippen molar-refractivity contribution in [3.63, 3.8) is 0 Å². The molecule has 0 bridgehead atoms. The molecule has 0 radical (unpaired) electrons. The molecule has 5 heteroatoms. The van der Waals surface area contributed by atoms with Crippen molar-refractivity contribution < 1.29 is 13.6 Å². The second-order valence-electron chi connectivity index (χ2n) is 4.56. The predicted octanol–water partition coefficient (Wildman–Crippen LogP) is 2.74. The molecule has 0 heterocycles. The Hall–Kier alpha value is -2.43. The molecule has 0 fully saturated rings. The van der Waals surface area contributed by atoms with Gasteiger partial charge in [0.2, 0.25) is 5.91 Å². The van der Waals surface area contributed by atoms with Crippen molar-refractivity contribution in [2.45, 2.75) is 6.42 Å². The molecule has 3 nitrogen and oxygen atoms in total. The fourth-order valence-corrected chi connectivity index (χ4v) is 1.86. The minimum atomic E-state index is -0.589. The summed E-state index contributed by atoms with van der Waals surface area (Å²) in [6.07, 6.45) is 0.723. The third-order valence-electron chi connectivity index (χ3n) is 2.95. The maximum atomic E-state index is 13.3. The molecule has 0 aliphatic carbocycles. The first-order chi connectivity index (χ1) is 10.1. The lowest BCUT2D eigenvalue weighted by atomic mass is 10.1. The Balaban J connectivity index is 1.74. The first-order valence-electron chi connectivity index (χ1n) is 6.65. The zero-order valence-corrected chi connectivity index (χ0v) is 11.4. The molecule has 0 aliphatic rings. The number of amides is 1. The van der Waals surface area contributed by atoms with Gasteiger partial charge in [-0.3, -0.25) is 4.79 Å². The van der Waals surface area contributed by atoms with Crippen LogP contribution in [0.2, 0.25) is 0 Å². The normalized spacial score (nSPS) is 10.2. The summed E-state index contributed by atoms with van der Waals surface area (Å²) in [6.45, 7) is 0.394. The SMILES string of the molecule is O=C(CNc1cc(F)ccc1F)NCCc1ccccc1. The van der Waals surface area contributed by atoms with E-state index in [1.807, 2.05) is 30.3 Å². The van der Waals surface area contributed by atoms with Crippen molar-refractivity contribution in [1.82, 2.24) is 5.32 Å². The summed E-state index contributed by atoms with van der Waals surface area (Å²) < 4.78 is 26.3. The van der Waals surface area contributed by atoms with E-state index >= 15 is 0 Å². The summed E-state index contributed by atoms with van der Waals surface area (Å²) >= 11 is 0. The van der Waals surface area contributed by atoms with Crippen molar-refractivity contribution in [1.29, 1.82) is 0 Å². The van der Waals surface area contributed by atoms with Crippen LogP contribution in [-0.4, -0.2) is 19.0 Å². The van der Waals surface area contributed by atoms with Crippen LogP contribution in [0.4, 0.5) is 14.5 Å². The minimum Gasteiger partial charge on any atom is -0.374 e. The van der Waals surface area contributed by atoms with Gasteiger partial charge >= 0.3 is 0 Å². The van der Waals surface area contributed by atoms with Crippen LogP contribution in [0.1, 0.15) is 5.56 Å². The Morgan fingerprint density at radius 2 is 1.81 bits per heavy atom. The van der Waals surface area contributed by atoms with Crippen LogP contribution in [0.5, 0.6) is 0 Å². The minimum absolute atomic E-state index is 0.0202. The Kier molecular flexibility index (Phi) is 5.26. The first kappa shape index (κ1) is 15.0. The van der Waals surface area contributed by atoms with Gasteiger partial charge in [0.15, 0.2) is 0 Å². The second kappa shape index (κ2) is 7.38. The average molecular weight is 290 g/mol. The quantitative estimate of drug-likeness (QED) is 0.859. The highest BCUT2D eigenvalue weighted by Crippen LogP contribution is 2.14. The van der Waals surface area contributed by atoms with Crippen LogP contribution in [0.3, 0.4) is 0 Å². The van der Waals surface area contributed by atoms with Gasteiger partial charge in [0.25, 0.3) is 0 Å². The maximum absolute atomic E-state index is 13.3. The summed E-state index contributed by atoms with van der Waals surface area (Å²) in [7, 11) is 0. The van der Waals surface area contributed by atoms with E-state index in [0.717, 1.165) is 30.2 Å². The van der Waals surface area contributed by atoms with Crippen LogP contribution in [0.15, 0.2) is 48.5 Å². The molecule has 0 saturated carbocycles. The number of hydrogen-bond donors (Lipinski definition) is 2. The molecule has 1 amide bonds. The van der Waals surface area contributed by atoms with Gasteiger partial charge in [-0.1, -0.05) is 30.3 Å². The fourth-order valence-electron chi connectivity index (χ4n) is 1.86. The average Bonchev–Trinajstić information content (AvgIpc) is 2.49. The zero-order chi connectivity index (χ0) is 15.1. The fraction of sp³-hybridized carbons (Fsp3) is 0.188. The lowest BCUT2D eigenvalue weighted by molar-refractivity contribution is -0.119. The number of carbonyl (C=O) groups excluding carboxylic acids is 1. The molecule has 2 aromatic carbocycles. The molecule has 0 aliphatic heterocycles. The zero-order valence-electron chi connectivity index (χ0n) is 11.4. The monoisotopic (exact) mass is 290 g/mol. The van der Waals surface area contributed by atoms with E-state index < -0.39 is 11.6 Å². The molecule has 21 heavy (non-hydrogen) atoms. The van der Waals surface area contributed by atoms with E-state index in [-0.39, 0.29) is 18.1 Å². The highest BCUT2D eigenvalue weighted by molar-refractivity contribution is 5.80. The number of anilines is 1. The Morgan fingerprint density at radius 1 is 1.05 bits per heavy atom. The van der Waals surface area contributed by atoms with Gasteiger partial charge in [0.05, 0.1) is 12.2 Å². The van der Waals surface area contributed by atoms with Gasteiger partial charge in [0, 0.05) is 6.54 Å².